The number of aryl methyl sites for hydroxylation is 1. The van der Waals surface area contributed by atoms with Crippen LogP contribution in [0.3, 0.4) is 0 Å². The molecule has 0 fully saturated rings. The first-order valence-corrected chi connectivity index (χ1v) is 6.98. The molecule has 0 atom stereocenters. The van der Waals surface area contributed by atoms with Crippen molar-refractivity contribution in [3.63, 3.8) is 0 Å². The maximum Gasteiger partial charge on any atom is 0.227 e. The SMILES string of the molecule is CCn1ccnc1S(=O)(=O)CCOC(C)C. The highest BCUT2D eigenvalue weighted by molar-refractivity contribution is 7.91. The highest BCUT2D eigenvalue weighted by Gasteiger charge is 2.19. The molecule has 0 N–H and O–H groups in total. The van der Waals surface area contributed by atoms with E-state index >= 15 is 0 Å². The number of imidazole rings is 1. The molecule has 1 heterocycles. The molecule has 6 heteroatoms. The number of nitrogens with zero attached hydrogens (tertiary/aromatic N) is 2. The van der Waals surface area contributed by atoms with Crippen molar-refractivity contribution >= 4 is 9.84 Å². The Hall–Kier alpha value is -0.880. The van der Waals surface area contributed by atoms with Gasteiger partial charge in [-0.15, -0.1) is 0 Å². The fraction of sp³-hybridized carbons (Fsp3) is 0.700. The van der Waals surface area contributed by atoms with E-state index in [-0.39, 0.29) is 23.6 Å². The molecule has 1 aromatic rings. The van der Waals surface area contributed by atoms with Crippen LogP contribution in [0.15, 0.2) is 17.6 Å². The van der Waals surface area contributed by atoms with Crippen LogP contribution in [-0.2, 0) is 21.1 Å². The molecule has 0 saturated carbocycles. The zero-order chi connectivity index (χ0) is 12.2. The van der Waals surface area contributed by atoms with Gasteiger partial charge in [0.15, 0.2) is 0 Å². The van der Waals surface area contributed by atoms with Gasteiger partial charge in [0, 0.05) is 18.9 Å². The predicted molar refractivity (Wildman–Crippen MR) is 61.0 cm³/mol. The van der Waals surface area contributed by atoms with Gasteiger partial charge in [-0.05, 0) is 20.8 Å². The van der Waals surface area contributed by atoms with Crippen molar-refractivity contribution < 1.29 is 13.2 Å². The lowest BCUT2D eigenvalue weighted by Gasteiger charge is -2.08. The van der Waals surface area contributed by atoms with Gasteiger partial charge in [-0.3, -0.25) is 0 Å². The molecule has 0 aromatic carbocycles. The van der Waals surface area contributed by atoms with Crippen LogP contribution in [0.1, 0.15) is 20.8 Å². The fourth-order valence-electron chi connectivity index (χ4n) is 1.30. The van der Waals surface area contributed by atoms with Gasteiger partial charge in [-0.25, -0.2) is 13.4 Å². The average Bonchev–Trinajstić information content (AvgIpc) is 2.64. The van der Waals surface area contributed by atoms with Crippen molar-refractivity contribution in [2.24, 2.45) is 0 Å². The summed E-state index contributed by atoms with van der Waals surface area (Å²) >= 11 is 0. The van der Waals surface area contributed by atoms with E-state index in [4.69, 9.17) is 4.74 Å². The number of aromatic nitrogens is 2. The third-order valence-electron chi connectivity index (χ3n) is 2.10. The van der Waals surface area contributed by atoms with Crippen LogP contribution < -0.4 is 0 Å². The Morgan fingerprint density at radius 2 is 2.19 bits per heavy atom. The highest BCUT2D eigenvalue weighted by Crippen LogP contribution is 2.08. The van der Waals surface area contributed by atoms with Gasteiger partial charge in [-0.2, -0.15) is 0 Å². The molecule has 1 rings (SSSR count). The van der Waals surface area contributed by atoms with E-state index in [1.54, 1.807) is 10.8 Å². The Kier molecular flexibility index (Phi) is 4.49. The largest absolute Gasteiger partial charge is 0.378 e. The quantitative estimate of drug-likeness (QED) is 0.754. The van der Waals surface area contributed by atoms with E-state index in [1.807, 2.05) is 20.8 Å². The van der Waals surface area contributed by atoms with Crippen LogP contribution in [0.2, 0.25) is 0 Å². The first kappa shape index (κ1) is 13.2. The van der Waals surface area contributed by atoms with Crippen LogP contribution in [0.5, 0.6) is 0 Å². The van der Waals surface area contributed by atoms with Crippen LogP contribution in [-0.4, -0.2) is 36.4 Å². The lowest BCUT2D eigenvalue weighted by atomic mass is 10.5. The van der Waals surface area contributed by atoms with Crippen molar-refractivity contribution in [3.8, 4) is 0 Å². The minimum Gasteiger partial charge on any atom is -0.378 e. The fourth-order valence-corrected chi connectivity index (χ4v) is 2.57. The monoisotopic (exact) mass is 246 g/mol. The van der Waals surface area contributed by atoms with Gasteiger partial charge < -0.3 is 9.30 Å². The molecule has 92 valence electrons. The van der Waals surface area contributed by atoms with Gasteiger partial charge in [0.05, 0.1) is 18.5 Å². The molecule has 16 heavy (non-hydrogen) atoms. The van der Waals surface area contributed by atoms with Crippen molar-refractivity contribution in [1.82, 2.24) is 9.55 Å². The minimum absolute atomic E-state index is 0.0256. The second-order valence-corrected chi connectivity index (χ2v) is 5.74. The van der Waals surface area contributed by atoms with Crippen molar-refractivity contribution in [2.45, 2.75) is 38.6 Å². The summed E-state index contributed by atoms with van der Waals surface area (Å²) in [6, 6.07) is 0. The molecular weight excluding hydrogens is 228 g/mol. The summed E-state index contributed by atoms with van der Waals surface area (Å²) in [7, 11) is -3.33. The Labute approximate surface area is 96.4 Å². The van der Waals surface area contributed by atoms with Crippen LogP contribution >= 0.6 is 0 Å². The molecule has 0 bridgehead atoms. The summed E-state index contributed by atoms with van der Waals surface area (Å²) in [6.45, 7) is 6.43. The number of sulfone groups is 1. The second-order valence-electron chi connectivity index (χ2n) is 3.73. The first-order valence-electron chi connectivity index (χ1n) is 5.33. The highest BCUT2D eigenvalue weighted by atomic mass is 32.2. The van der Waals surface area contributed by atoms with Crippen LogP contribution in [0.4, 0.5) is 0 Å². The number of hydrogen-bond donors (Lipinski definition) is 0. The van der Waals surface area contributed by atoms with E-state index in [9.17, 15) is 8.42 Å². The minimum atomic E-state index is -3.33. The molecule has 5 nitrogen and oxygen atoms in total. The Morgan fingerprint density at radius 3 is 2.75 bits per heavy atom. The van der Waals surface area contributed by atoms with Crippen LogP contribution in [0, 0.1) is 0 Å². The third-order valence-corrected chi connectivity index (χ3v) is 3.70. The molecular formula is C10H18N2O3S. The van der Waals surface area contributed by atoms with Gasteiger partial charge in [0.25, 0.3) is 0 Å². The van der Waals surface area contributed by atoms with E-state index in [0.29, 0.717) is 6.54 Å². The second kappa shape index (κ2) is 5.45. The van der Waals surface area contributed by atoms with E-state index in [0.717, 1.165) is 0 Å². The first-order chi connectivity index (χ1) is 7.47. The zero-order valence-electron chi connectivity index (χ0n) is 9.88. The molecule has 0 aliphatic rings. The normalized spacial score (nSPS) is 12.2. The van der Waals surface area contributed by atoms with Gasteiger partial charge in [0.1, 0.15) is 0 Å². The summed E-state index contributed by atoms with van der Waals surface area (Å²) in [5.41, 5.74) is 0. The van der Waals surface area contributed by atoms with E-state index in [1.165, 1.54) is 6.20 Å². The number of hydrogen-bond acceptors (Lipinski definition) is 4. The summed E-state index contributed by atoms with van der Waals surface area (Å²) < 4.78 is 30.6. The molecule has 0 radical (unpaired) electrons. The topological polar surface area (TPSA) is 61.2 Å². The molecule has 0 aliphatic carbocycles. The number of rotatable bonds is 6. The lowest BCUT2D eigenvalue weighted by molar-refractivity contribution is 0.0912. The summed E-state index contributed by atoms with van der Waals surface area (Å²) in [4.78, 5) is 3.88. The summed E-state index contributed by atoms with van der Waals surface area (Å²) in [5.74, 6) is -0.0256. The Balaban J connectivity index is 2.71. The standard InChI is InChI=1S/C10H18N2O3S/c1-4-12-6-5-11-10(12)16(13,14)8-7-15-9(2)3/h5-6,9H,4,7-8H2,1-3H3. The van der Waals surface area contributed by atoms with Crippen molar-refractivity contribution in [3.05, 3.63) is 12.4 Å². The maximum atomic E-state index is 11.9. The Bertz CT molecular complexity index is 423. The molecule has 0 spiro atoms. The lowest BCUT2D eigenvalue weighted by Crippen LogP contribution is -2.18. The average molecular weight is 246 g/mol. The van der Waals surface area contributed by atoms with Gasteiger partial charge in [-0.1, -0.05) is 0 Å². The molecule has 1 aromatic heterocycles. The number of ether oxygens (including phenoxy) is 1. The van der Waals surface area contributed by atoms with E-state index < -0.39 is 9.84 Å². The van der Waals surface area contributed by atoms with Gasteiger partial charge in [0.2, 0.25) is 15.0 Å². The maximum absolute atomic E-state index is 11.9. The predicted octanol–water partition coefficient (Wildman–Crippen LogP) is 1.10. The third kappa shape index (κ3) is 3.31. The molecule has 0 unspecified atom stereocenters. The molecule has 0 saturated heterocycles. The smallest absolute Gasteiger partial charge is 0.227 e. The van der Waals surface area contributed by atoms with E-state index in [2.05, 4.69) is 4.98 Å². The molecule has 0 amide bonds. The Morgan fingerprint density at radius 1 is 1.50 bits per heavy atom. The van der Waals surface area contributed by atoms with Crippen molar-refractivity contribution in [1.29, 1.82) is 0 Å². The zero-order valence-corrected chi connectivity index (χ0v) is 10.7. The summed E-state index contributed by atoms with van der Waals surface area (Å²) in [5, 5.41) is 0.127. The van der Waals surface area contributed by atoms with Crippen LogP contribution in [0.25, 0.3) is 0 Å². The summed E-state index contributed by atoms with van der Waals surface area (Å²) in [6.07, 6.45) is 3.21. The molecule has 0 aliphatic heterocycles. The van der Waals surface area contributed by atoms with Gasteiger partial charge >= 0.3 is 0 Å². The van der Waals surface area contributed by atoms with Crippen molar-refractivity contribution in [2.75, 3.05) is 12.4 Å².